The molecular weight excluding hydrogens is 257 g/mol. The fourth-order valence-electron chi connectivity index (χ4n) is 3.30. The average Bonchev–Trinajstić information content (AvgIpc) is 2.46. The second-order valence-corrected chi connectivity index (χ2v) is 5.74. The zero-order chi connectivity index (χ0) is 14.1. The van der Waals surface area contributed by atoms with Crippen LogP contribution in [0.3, 0.4) is 0 Å². The highest BCUT2D eigenvalue weighted by Gasteiger charge is 2.37. The molecule has 2 fully saturated rings. The molecule has 2 unspecified atom stereocenters. The molecule has 3 nitrogen and oxygen atoms in total. The monoisotopic (exact) mass is 277 g/mol. The Labute approximate surface area is 118 Å². The number of rotatable bonds is 1. The second-order valence-electron chi connectivity index (χ2n) is 5.74. The minimum absolute atomic E-state index is 0.116. The molecule has 0 aromatic heterocycles. The molecule has 1 aliphatic heterocycles. The highest BCUT2D eigenvalue weighted by molar-refractivity contribution is 5.94. The summed E-state index contributed by atoms with van der Waals surface area (Å²) in [6.45, 7) is 2.94. The van der Waals surface area contributed by atoms with Gasteiger partial charge in [0.15, 0.2) is 0 Å². The Kier molecular flexibility index (Phi) is 3.74. The minimum atomic E-state index is -0.422. The fourth-order valence-corrected chi connectivity index (χ4v) is 3.30. The van der Waals surface area contributed by atoms with Crippen LogP contribution in [0.2, 0.25) is 0 Å². The zero-order valence-electron chi connectivity index (χ0n) is 11.8. The van der Waals surface area contributed by atoms with Crippen LogP contribution in [-0.2, 0) is 4.74 Å². The maximum atomic E-state index is 14.0. The number of ether oxygens (including phenoxy) is 1. The first-order chi connectivity index (χ1) is 9.66. The molecule has 3 rings (SSSR count). The molecule has 1 aromatic carbocycles. The zero-order valence-corrected chi connectivity index (χ0v) is 11.8. The molecule has 20 heavy (non-hydrogen) atoms. The number of carbonyl (C=O) groups is 1. The summed E-state index contributed by atoms with van der Waals surface area (Å²) in [5, 5.41) is 0. The largest absolute Gasteiger partial charge is 0.374 e. The molecule has 1 amide bonds. The van der Waals surface area contributed by atoms with Crippen molar-refractivity contribution in [2.75, 3.05) is 13.2 Å². The summed E-state index contributed by atoms with van der Waals surface area (Å²) in [7, 11) is 0. The third kappa shape index (κ3) is 2.44. The topological polar surface area (TPSA) is 29.5 Å². The molecule has 0 bridgehead atoms. The molecule has 0 spiro atoms. The normalized spacial score (nSPS) is 26.2. The van der Waals surface area contributed by atoms with Gasteiger partial charge in [-0.3, -0.25) is 4.79 Å². The van der Waals surface area contributed by atoms with Gasteiger partial charge in [0, 0.05) is 6.54 Å². The van der Waals surface area contributed by atoms with E-state index in [2.05, 4.69) is 0 Å². The molecule has 0 radical (unpaired) electrons. The van der Waals surface area contributed by atoms with Crippen LogP contribution in [0.4, 0.5) is 4.39 Å². The Bertz CT molecular complexity index is 515. The molecule has 1 heterocycles. The second kappa shape index (κ2) is 5.52. The molecule has 1 aromatic rings. The number of carbonyl (C=O) groups excluding carboxylic acids is 1. The van der Waals surface area contributed by atoms with Gasteiger partial charge in [0.2, 0.25) is 0 Å². The van der Waals surface area contributed by atoms with E-state index >= 15 is 0 Å². The Balaban J connectivity index is 1.85. The lowest BCUT2D eigenvalue weighted by molar-refractivity contribution is -0.0753. The van der Waals surface area contributed by atoms with Crippen LogP contribution in [0.1, 0.15) is 41.6 Å². The quantitative estimate of drug-likeness (QED) is 0.790. The summed E-state index contributed by atoms with van der Waals surface area (Å²) < 4.78 is 19.8. The summed E-state index contributed by atoms with van der Waals surface area (Å²) in [6, 6.07) is 4.92. The molecule has 0 N–H and O–H groups in total. The number of hydrogen-bond donors (Lipinski definition) is 0. The van der Waals surface area contributed by atoms with E-state index in [1.165, 1.54) is 6.07 Å². The predicted octanol–water partition coefficient (Wildman–Crippen LogP) is 2.92. The van der Waals surface area contributed by atoms with Gasteiger partial charge in [0.05, 0.1) is 24.3 Å². The SMILES string of the molecule is Cc1ccc(C(=O)N2CCOC3CCCCC32)c(F)c1. The van der Waals surface area contributed by atoms with E-state index in [1.807, 2.05) is 11.8 Å². The summed E-state index contributed by atoms with van der Waals surface area (Å²) in [4.78, 5) is 14.4. The van der Waals surface area contributed by atoms with Gasteiger partial charge in [0.25, 0.3) is 5.91 Å². The fraction of sp³-hybridized carbons (Fsp3) is 0.562. The summed E-state index contributed by atoms with van der Waals surface area (Å²) in [6.07, 6.45) is 4.37. The highest BCUT2D eigenvalue weighted by Crippen LogP contribution is 2.29. The summed E-state index contributed by atoms with van der Waals surface area (Å²) >= 11 is 0. The van der Waals surface area contributed by atoms with Crippen LogP contribution in [0, 0.1) is 12.7 Å². The van der Waals surface area contributed by atoms with Crippen LogP contribution in [0.15, 0.2) is 18.2 Å². The van der Waals surface area contributed by atoms with Crippen molar-refractivity contribution in [3.63, 3.8) is 0 Å². The van der Waals surface area contributed by atoms with Crippen molar-refractivity contribution in [3.8, 4) is 0 Å². The van der Waals surface area contributed by atoms with Gasteiger partial charge in [0.1, 0.15) is 5.82 Å². The maximum Gasteiger partial charge on any atom is 0.257 e. The number of morpholine rings is 1. The first-order valence-electron chi connectivity index (χ1n) is 7.35. The van der Waals surface area contributed by atoms with Crippen molar-refractivity contribution in [1.29, 1.82) is 0 Å². The molecular formula is C16H20FNO2. The lowest BCUT2D eigenvalue weighted by Gasteiger charge is -2.43. The van der Waals surface area contributed by atoms with E-state index in [9.17, 15) is 9.18 Å². The Morgan fingerprint density at radius 3 is 2.95 bits per heavy atom. The number of aryl methyl sites for hydroxylation is 1. The van der Waals surface area contributed by atoms with Gasteiger partial charge in [-0.1, -0.05) is 18.9 Å². The number of halogens is 1. The van der Waals surface area contributed by atoms with Crippen LogP contribution >= 0.6 is 0 Å². The van der Waals surface area contributed by atoms with E-state index in [-0.39, 0.29) is 23.6 Å². The van der Waals surface area contributed by atoms with Crippen molar-refractivity contribution in [3.05, 3.63) is 35.1 Å². The molecule has 1 saturated heterocycles. The van der Waals surface area contributed by atoms with Crippen molar-refractivity contribution in [2.45, 2.75) is 44.8 Å². The average molecular weight is 277 g/mol. The highest BCUT2D eigenvalue weighted by atomic mass is 19.1. The Morgan fingerprint density at radius 1 is 1.35 bits per heavy atom. The molecule has 2 aliphatic rings. The van der Waals surface area contributed by atoms with Gasteiger partial charge in [-0.2, -0.15) is 0 Å². The predicted molar refractivity (Wildman–Crippen MR) is 74.2 cm³/mol. The van der Waals surface area contributed by atoms with Crippen LogP contribution in [-0.4, -0.2) is 36.1 Å². The maximum absolute atomic E-state index is 14.0. The summed E-state index contributed by atoms with van der Waals surface area (Å²) in [5.41, 5.74) is 1.01. The van der Waals surface area contributed by atoms with E-state index in [4.69, 9.17) is 4.74 Å². The van der Waals surface area contributed by atoms with Gasteiger partial charge in [-0.25, -0.2) is 4.39 Å². The smallest absolute Gasteiger partial charge is 0.257 e. The van der Waals surface area contributed by atoms with E-state index in [0.717, 1.165) is 31.2 Å². The van der Waals surface area contributed by atoms with E-state index in [1.54, 1.807) is 12.1 Å². The van der Waals surface area contributed by atoms with Crippen molar-refractivity contribution in [1.82, 2.24) is 4.90 Å². The number of amides is 1. The van der Waals surface area contributed by atoms with E-state index in [0.29, 0.717) is 13.2 Å². The summed E-state index contributed by atoms with van der Waals surface area (Å²) in [5.74, 6) is -0.614. The molecule has 1 saturated carbocycles. The van der Waals surface area contributed by atoms with Crippen molar-refractivity contribution in [2.24, 2.45) is 0 Å². The van der Waals surface area contributed by atoms with E-state index < -0.39 is 5.82 Å². The minimum Gasteiger partial charge on any atom is -0.374 e. The molecule has 4 heteroatoms. The Hall–Kier alpha value is -1.42. The number of nitrogens with zero attached hydrogens (tertiary/aromatic N) is 1. The third-order valence-electron chi connectivity index (χ3n) is 4.35. The van der Waals surface area contributed by atoms with Gasteiger partial charge < -0.3 is 9.64 Å². The lowest BCUT2D eigenvalue weighted by atomic mass is 9.89. The van der Waals surface area contributed by atoms with Gasteiger partial charge in [-0.05, 0) is 37.5 Å². The first kappa shape index (κ1) is 13.6. The van der Waals surface area contributed by atoms with Crippen LogP contribution in [0.5, 0.6) is 0 Å². The van der Waals surface area contributed by atoms with Crippen molar-refractivity contribution < 1.29 is 13.9 Å². The number of benzene rings is 1. The Morgan fingerprint density at radius 2 is 2.15 bits per heavy atom. The first-order valence-corrected chi connectivity index (χ1v) is 7.35. The number of fused-ring (bicyclic) bond motifs is 1. The van der Waals surface area contributed by atoms with Crippen LogP contribution < -0.4 is 0 Å². The molecule has 2 atom stereocenters. The van der Waals surface area contributed by atoms with Crippen LogP contribution in [0.25, 0.3) is 0 Å². The third-order valence-corrected chi connectivity index (χ3v) is 4.35. The van der Waals surface area contributed by atoms with Gasteiger partial charge in [-0.15, -0.1) is 0 Å². The standard InChI is InChI=1S/C16H20FNO2/c1-11-6-7-12(13(17)10-11)16(19)18-8-9-20-15-5-3-2-4-14(15)18/h6-7,10,14-15H,2-5,8-9H2,1H3. The molecule has 108 valence electrons. The van der Waals surface area contributed by atoms with Crippen molar-refractivity contribution >= 4 is 5.91 Å². The molecule has 1 aliphatic carbocycles. The lowest BCUT2D eigenvalue weighted by Crippen LogP contribution is -2.54. The number of hydrogen-bond acceptors (Lipinski definition) is 2. The van der Waals surface area contributed by atoms with Gasteiger partial charge >= 0.3 is 0 Å².